The van der Waals surface area contributed by atoms with Gasteiger partial charge < -0.3 is 5.21 Å². The Hall–Kier alpha value is -0.780. The molecule has 0 N–H and O–H groups in total. The van der Waals surface area contributed by atoms with Crippen molar-refractivity contribution in [3.05, 3.63) is 10.2 Å². The SMILES string of the molecule is [O-][N+]#CF. The van der Waals surface area contributed by atoms with Gasteiger partial charge in [0.25, 0.3) is 0 Å². The number of nitrogens with zero attached hydrogens (tertiary/aromatic N) is 1. The highest BCUT2D eigenvalue weighted by molar-refractivity contribution is 4.71. The summed E-state index contributed by atoms with van der Waals surface area (Å²) in [6, 6.07) is 0. The zero-order valence-corrected chi connectivity index (χ0v) is 1.73. The molecular weight excluding hydrogens is 61.0 g/mol. The van der Waals surface area contributed by atoms with Crippen molar-refractivity contribution in [3.63, 3.8) is 0 Å². The van der Waals surface area contributed by atoms with Crippen molar-refractivity contribution in [3.8, 4) is 6.32 Å². The first-order valence-corrected chi connectivity index (χ1v) is 0.595. The summed E-state index contributed by atoms with van der Waals surface area (Å²) in [7, 11) is 0. The van der Waals surface area contributed by atoms with Crippen molar-refractivity contribution in [2.75, 3.05) is 0 Å². The Balaban J connectivity index is 2.83. The van der Waals surface area contributed by atoms with Crippen LogP contribution in [0.15, 0.2) is 0 Å². The van der Waals surface area contributed by atoms with E-state index >= 15 is 0 Å². The van der Waals surface area contributed by atoms with Gasteiger partial charge in [-0.15, -0.1) is 0 Å². The van der Waals surface area contributed by atoms with Crippen LogP contribution in [-0.4, -0.2) is 0 Å². The van der Waals surface area contributed by atoms with Gasteiger partial charge in [-0.3, -0.25) is 0 Å². The fourth-order valence-corrected chi connectivity index (χ4v) is 0. The maximum Gasteiger partial charge on any atom is 0.524 e. The van der Waals surface area contributed by atoms with Gasteiger partial charge in [0.2, 0.25) is 0 Å². The molecule has 0 aliphatic heterocycles. The molecule has 0 aliphatic rings. The van der Waals surface area contributed by atoms with Crippen LogP contribution in [0.1, 0.15) is 0 Å². The molecule has 0 saturated carbocycles. The number of hydrogen-bond donors (Lipinski definition) is 0. The minimum Gasteiger partial charge on any atom is -0.496 e. The van der Waals surface area contributed by atoms with Crippen LogP contribution in [0.3, 0.4) is 0 Å². The maximum absolute atomic E-state index is 9.99. The normalized spacial score (nSPS) is 3.25. The third-order valence-electron chi connectivity index (χ3n) is 0.0345. The minimum absolute atomic E-state index is 0.500. The highest BCUT2D eigenvalue weighted by Crippen LogP contribution is 1.52. The van der Waals surface area contributed by atoms with E-state index in [0.29, 0.717) is 6.32 Å². The van der Waals surface area contributed by atoms with Crippen LogP contribution in [0.5, 0.6) is 0 Å². The van der Waals surface area contributed by atoms with E-state index in [-0.39, 0.29) is 0 Å². The third kappa shape index (κ3) is 1.22. The van der Waals surface area contributed by atoms with E-state index in [2.05, 4.69) is 0 Å². The lowest BCUT2D eigenvalue weighted by atomic mass is 11.7. The Morgan fingerprint density at radius 1 is 2.00 bits per heavy atom. The van der Waals surface area contributed by atoms with Crippen molar-refractivity contribution in [1.82, 2.24) is 0 Å². The lowest BCUT2D eigenvalue weighted by Gasteiger charge is -1.38. The monoisotopic (exact) mass is 61.0 g/mol. The Kier molecular flexibility index (Phi) is 1.79. The lowest BCUT2D eigenvalue weighted by molar-refractivity contribution is 0.771. The number of halogens is 1. The number of rotatable bonds is 0. The first-order chi connectivity index (χ1) is 1.91. The van der Waals surface area contributed by atoms with Crippen molar-refractivity contribution in [2.45, 2.75) is 0 Å². The molecule has 0 heterocycles. The Labute approximate surface area is 22.3 Å². The molecule has 0 unspecified atom stereocenters. The van der Waals surface area contributed by atoms with Crippen molar-refractivity contribution < 1.29 is 4.39 Å². The second kappa shape index (κ2) is 2.22. The van der Waals surface area contributed by atoms with Crippen LogP contribution in [0.4, 0.5) is 4.39 Å². The van der Waals surface area contributed by atoms with E-state index in [1.165, 1.54) is 0 Å². The predicted molar refractivity (Wildman–Crippen MR) is 11.7 cm³/mol. The summed E-state index contributed by atoms with van der Waals surface area (Å²) in [6.07, 6.45) is 0.500. The lowest BCUT2D eigenvalue weighted by Crippen LogP contribution is -1.17. The molecule has 0 aromatic carbocycles. The van der Waals surface area contributed by atoms with Crippen LogP contribution >= 0.6 is 0 Å². The summed E-state index contributed by atoms with van der Waals surface area (Å²) in [4.78, 5) is 0. The molecule has 0 rings (SSSR count). The van der Waals surface area contributed by atoms with Crippen LogP contribution in [0.25, 0.3) is 5.01 Å². The summed E-state index contributed by atoms with van der Waals surface area (Å²) in [5, 5.41) is 10.0. The molecule has 22 valence electrons. The Morgan fingerprint density at radius 3 is 2.25 bits per heavy atom. The second-order valence-electron chi connectivity index (χ2n) is 0.176. The highest BCUT2D eigenvalue weighted by Gasteiger charge is 1.51. The van der Waals surface area contributed by atoms with Gasteiger partial charge in [-0.25, -0.2) is 0 Å². The third-order valence-corrected chi connectivity index (χ3v) is 0.0345. The first kappa shape index (κ1) is 3.22. The standard InChI is InChI=1S/CFNO/c2-1-3-4. The summed E-state index contributed by atoms with van der Waals surface area (Å²) in [6.45, 7) is 0. The topological polar surface area (TPSA) is 27.4 Å². The van der Waals surface area contributed by atoms with Gasteiger partial charge in [0.1, 0.15) is 0 Å². The van der Waals surface area contributed by atoms with E-state index in [1.807, 2.05) is 0 Å². The first-order valence-electron chi connectivity index (χ1n) is 0.595. The predicted octanol–water partition coefficient (Wildman–Crippen LogP) is 0.744. The van der Waals surface area contributed by atoms with Gasteiger partial charge in [-0.2, -0.15) is 0 Å². The van der Waals surface area contributed by atoms with Crippen LogP contribution < -0.4 is 0 Å². The highest BCUT2D eigenvalue weighted by atomic mass is 19.1. The molecule has 0 aliphatic carbocycles. The van der Waals surface area contributed by atoms with Crippen molar-refractivity contribution in [2.24, 2.45) is 0 Å². The fourth-order valence-electron chi connectivity index (χ4n) is 0. The zero-order valence-electron chi connectivity index (χ0n) is 1.73. The van der Waals surface area contributed by atoms with E-state index < -0.39 is 0 Å². The van der Waals surface area contributed by atoms with Gasteiger partial charge in [0.15, 0.2) is 0 Å². The largest absolute Gasteiger partial charge is 0.524 e. The summed E-state index contributed by atoms with van der Waals surface area (Å²) in [5.74, 6) is 0. The molecule has 4 heavy (non-hydrogen) atoms. The van der Waals surface area contributed by atoms with Gasteiger partial charge in [0.05, 0.1) is 0 Å². The average Bonchev–Trinajstić information content (AvgIpc) is 1.37. The quantitative estimate of drug-likeness (QED) is 0.379. The average molecular weight is 61.0 g/mol. The molecule has 0 saturated heterocycles. The summed E-state index contributed by atoms with van der Waals surface area (Å²) < 4.78 is 9.99. The zero-order chi connectivity index (χ0) is 3.41. The smallest absolute Gasteiger partial charge is 0.496 e. The fraction of sp³-hybridized carbons (Fsp3) is 0. The molecule has 0 radical (unpaired) electrons. The van der Waals surface area contributed by atoms with Gasteiger partial charge in [0, 0.05) is 5.01 Å². The Bertz CT molecular complexity index is 44.8. The van der Waals surface area contributed by atoms with Gasteiger partial charge in [-0.05, 0) is 0 Å². The minimum atomic E-state index is 0.500. The van der Waals surface area contributed by atoms with Gasteiger partial charge in [-0.1, -0.05) is 4.39 Å². The maximum atomic E-state index is 9.99. The molecule has 0 spiro atoms. The van der Waals surface area contributed by atoms with Crippen molar-refractivity contribution in [1.29, 1.82) is 0 Å². The molecule has 2 nitrogen and oxygen atoms in total. The Morgan fingerprint density at radius 2 is 2.25 bits per heavy atom. The molecule has 0 aromatic rings. The van der Waals surface area contributed by atoms with Crippen LogP contribution in [0.2, 0.25) is 0 Å². The van der Waals surface area contributed by atoms with Gasteiger partial charge >= 0.3 is 6.32 Å². The molecular formula is CFNO. The van der Waals surface area contributed by atoms with E-state index in [9.17, 15) is 4.39 Å². The summed E-state index contributed by atoms with van der Waals surface area (Å²) >= 11 is 0. The number of hydrogen-bond acceptors (Lipinski definition) is 1. The van der Waals surface area contributed by atoms with E-state index in [1.54, 1.807) is 5.01 Å². The molecule has 0 amide bonds. The molecule has 0 bridgehead atoms. The molecule has 0 fully saturated rings. The van der Waals surface area contributed by atoms with E-state index in [0.717, 1.165) is 0 Å². The van der Waals surface area contributed by atoms with Crippen molar-refractivity contribution >= 4 is 0 Å². The van der Waals surface area contributed by atoms with E-state index in [4.69, 9.17) is 5.21 Å². The molecule has 0 aromatic heterocycles. The molecule has 0 atom stereocenters. The second-order valence-corrected chi connectivity index (χ2v) is 0.176. The summed E-state index contributed by atoms with van der Waals surface area (Å²) in [5.41, 5.74) is 0. The van der Waals surface area contributed by atoms with Crippen LogP contribution in [0, 0.1) is 11.5 Å². The molecule has 3 heteroatoms. The van der Waals surface area contributed by atoms with Crippen LogP contribution in [-0.2, 0) is 0 Å².